The van der Waals surface area contributed by atoms with E-state index in [9.17, 15) is 0 Å². The highest BCUT2D eigenvalue weighted by atomic mass is 16.5. The van der Waals surface area contributed by atoms with Gasteiger partial charge < -0.3 is 15.4 Å². The summed E-state index contributed by atoms with van der Waals surface area (Å²) in [5.74, 6) is 0.654. The van der Waals surface area contributed by atoms with E-state index in [1.165, 1.54) is 0 Å². The van der Waals surface area contributed by atoms with Crippen LogP contribution < -0.4 is 10.6 Å². The second-order valence-corrected chi connectivity index (χ2v) is 3.59. The number of nitrogens with one attached hydrogen (secondary N) is 1. The third-order valence-electron chi connectivity index (χ3n) is 2.76. The molecule has 5 heteroatoms. The number of piperidine rings is 1. The van der Waals surface area contributed by atoms with Crippen LogP contribution in [0.3, 0.4) is 0 Å². The van der Waals surface area contributed by atoms with Crippen LogP contribution in [-0.4, -0.2) is 36.5 Å². The van der Waals surface area contributed by atoms with Crippen molar-refractivity contribution in [2.75, 3.05) is 30.8 Å². The number of H-pyrrole nitrogens is 1. The van der Waals surface area contributed by atoms with Crippen LogP contribution in [0.2, 0.25) is 0 Å². The molecule has 0 bridgehead atoms. The summed E-state index contributed by atoms with van der Waals surface area (Å²) >= 11 is 0. The highest BCUT2D eigenvalue weighted by Gasteiger charge is 2.20. The molecule has 3 N–H and O–H groups in total. The summed E-state index contributed by atoms with van der Waals surface area (Å²) in [6.45, 7) is 1.98. The minimum Gasteiger partial charge on any atom is -0.382 e. The Morgan fingerprint density at radius 3 is 2.79 bits per heavy atom. The molecule has 0 amide bonds. The number of aromatic nitrogens is 2. The zero-order valence-corrected chi connectivity index (χ0v) is 8.36. The van der Waals surface area contributed by atoms with Crippen LogP contribution in [0, 0.1) is 0 Å². The molecular formula is C9H16N4O. The van der Waals surface area contributed by atoms with E-state index in [1.54, 1.807) is 13.3 Å². The maximum Gasteiger partial charge on any atom is 0.142 e. The van der Waals surface area contributed by atoms with Gasteiger partial charge in [0.1, 0.15) is 5.82 Å². The summed E-state index contributed by atoms with van der Waals surface area (Å²) in [5, 5.41) is 6.66. The molecule has 0 aliphatic carbocycles. The van der Waals surface area contributed by atoms with Crippen LogP contribution >= 0.6 is 0 Å². The van der Waals surface area contributed by atoms with E-state index >= 15 is 0 Å². The minimum absolute atomic E-state index is 0.402. The fraction of sp³-hybridized carbons (Fsp3) is 0.667. The van der Waals surface area contributed by atoms with Gasteiger partial charge >= 0.3 is 0 Å². The molecule has 14 heavy (non-hydrogen) atoms. The van der Waals surface area contributed by atoms with Gasteiger partial charge in [0.2, 0.25) is 0 Å². The lowest BCUT2D eigenvalue weighted by atomic mass is 10.1. The first-order valence-corrected chi connectivity index (χ1v) is 4.88. The minimum atomic E-state index is 0.402. The Hall–Kier alpha value is -1.23. The molecule has 0 radical (unpaired) electrons. The molecule has 1 aromatic rings. The molecule has 1 aliphatic rings. The summed E-state index contributed by atoms with van der Waals surface area (Å²) in [5.41, 5.74) is 6.76. The summed E-state index contributed by atoms with van der Waals surface area (Å²) in [6.07, 6.45) is 4.30. The van der Waals surface area contributed by atoms with E-state index in [4.69, 9.17) is 10.5 Å². The molecule has 0 atom stereocenters. The van der Waals surface area contributed by atoms with Crippen LogP contribution in [0.4, 0.5) is 11.5 Å². The van der Waals surface area contributed by atoms with Gasteiger partial charge in [0, 0.05) is 20.2 Å². The molecule has 5 nitrogen and oxygen atoms in total. The fourth-order valence-corrected chi connectivity index (χ4v) is 1.87. The highest BCUT2D eigenvalue weighted by molar-refractivity contribution is 5.62. The SMILES string of the molecule is COC1CCN(c2cn[nH]c2N)CC1. The number of hydrogen-bond acceptors (Lipinski definition) is 4. The number of anilines is 2. The molecule has 0 saturated carbocycles. The van der Waals surface area contributed by atoms with Gasteiger partial charge in [-0.3, -0.25) is 5.10 Å². The first-order chi connectivity index (χ1) is 6.81. The lowest BCUT2D eigenvalue weighted by Gasteiger charge is -2.32. The predicted molar refractivity (Wildman–Crippen MR) is 55.2 cm³/mol. The van der Waals surface area contributed by atoms with Gasteiger partial charge in [0.25, 0.3) is 0 Å². The number of rotatable bonds is 2. The van der Waals surface area contributed by atoms with E-state index < -0.39 is 0 Å². The van der Waals surface area contributed by atoms with Crippen molar-refractivity contribution >= 4 is 11.5 Å². The molecule has 1 aliphatic heterocycles. The average molecular weight is 196 g/mol. The van der Waals surface area contributed by atoms with Crippen molar-refractivity contribution in [1.82, 2.24) is 10.2 Å². The molecule has 1 fully saturated rings. The Kier molecular flexibility index (Phi) is 2.58. The Labute approximate surface area is 83.2 Å². The lowest BCUT2D eigenvalue weighted by molar-refractivity contribution is 0.0819. The summed E-state index contributed by atoms with van der Waals surface area (Å²) in [4.78, 5) is 2.24. The molecular weight excluding hydrogens is 180 g/mol. The van der Waals surface area contributed by atoms with Crippen LogP contribution in [0.5, 0.6) is 0 Å². The molecule has 2 heterocycles. The lowest BCUT2D eigenvalue weighted by Crippen LogP contribution is -2.36. The number of nitrogens with zero attached hydrogens (tertiary/aromatic N) is 2. The number of ether oxygens (including phenoxy) is 1. The van der Waals surface area contributed by atoms with Crippen molar-refractivity contribution in [2.45, 2.75) is 18.9 Å². The second kappa shape index (κ2) is 3.88. The van der Waals surface area contributed by atoms with E-state index in [2.05, 4.69) is 15.1 Å². The number of nitrogens with two attached hydrogens (primary N) is 1. The first kappa shape index (κ1) is 9.33. The van der Waals surface area contributed by atoms with Gasteiger partial charge in [-0.2, -0.15) is 5.10 Å². The van der Waals surface area contributed by atoms with E-state index in [0.717, 1.165) is 31.6 Å². The van der Waals surface area contributed by atoms with Gasteiger partial charge in [0.15, 0.2) is 0 Å². The fourth-order valence-electron chi connectivity index (χ4n) is 1.87. The Bertz CT molecular complexity index is 291. The van der Waals surface area contributed by atoms with Crippen molar-refractivity contribution in [3.05, 3.63) is 6.20 Å². The largest absolute Gasteiger partial charge is 0.382 e. The molecule has 78 valence electrons. The van der Waals surface area contributed by atoms with Gasteiger partial charge in [-0.15, -0.1) is 0 Å². The van der Waals surface area contributed by atoms with Crippen molar-refractivity contribution in [3.8, 4) is 0 Å². The summed E-state index contributed by atoms with van der Waals surface area (Å²) in [6, 6.07) is 0. The van der Waals surface area contributed by atoms with Crippen LogP contribution in [0.15, 0.2) is 6.20 Å². The Balaban J connectivity index is 1.99. The standard InChI is InChI=1S/C9H16N4O/c1-14-7-2-4-13(5-3-7)8-6-11-12-9(8)10/h6-7H,2-5H2,1H3,(H3,10,11,12). The van der Waals surface area contributed by atoms with Gasteiger partial charge in [0.05, 0.1) is 18.0 Å². The topological polar surface area (TPSA) is 67.2 Å². The number of aromatic amines is 1. The van der Waals surface area contributed by atoms with Crippen LogP contribution in [0.25, 0.3) is 0 Å². The van der Waals surface area contributed by atoms with Crippen molar-refractivity contribution in [2.24, 2.45) is 0 Å². The maximum atomic E-state index is 5.75. The molecule has 0 unspecified atom stereocenters. The van der Waals surface area contributed by atoms with E-state index in [1.807, 2.05) is 0 Å². The zero-order chi connectivity index (χ0) is 9.97. The van der Waals surface area contributed by atoms with Crippen LogP contribution in [0.1, 0.15) is 12.8 Å². The Morgan fingerprint density at radius 1 is 1.57 bits per heavy atom. The van der Waals surface area contributed by atoms with E-state index in [-0.39, 0.29) is 0 Å². The van der Waals surface area contributed by atoms with E-state index in [0.29, 0.717) is 11.9 Å². The number of nitrogen functional groups attached to an aromatic ring is 1. The smallest absolute Gasteiger partial charge is 0.142 e. The number of hydrogen-bond donors (Lipinski definition) is 2. The molecule has 0 aromatic carbocycles. The molecule has 1 aromatic heterocycles. The normalized spacial score (nSPS) is 18.8. The van der Waals surface area contributed by atoms with Gasteiger partial charge in [-0.1, -0.05) is 0 Å². The molecule has 1 saturated heterocycles. The highest BCUT2D eigenvalue weighted by Crippen LogP contribution is 2.24. The van der Waals surface area contributed by atoms with Gasteiger partial charge in [-0.25, -0.2) is 0 Å². The summed E-state index contributed by atoms with van der Waals surface area (Å²) in [7, 11) is 1.77. The zero-order valence-electron chi connectivity index (χ0n) is 8.36. The van der Waals surface area contributed by atoms with Crippen molar-refractivity contribution in [3.63, 3.8) is 0 Å². The van der Waals surface area contributed by atoms with Crippen molar-refractivity contribution in [1.29, 1.82) is 0 Å². The average Bonchev–Trinajstić information content (AvgIpc) is 2.65. The van der Waals surface area contributed by atoms with Gasteiger partial charge in [-0.05, 0) is 12.8 Å². The Morgan fingerprint density at radius 2 is 2.29 bits per heavy atom. The monoisotopic (exact) mass is 196 g/mol. The molecule has 0 spiro atoms. The second-order valence-electron chi connectivity index (χ2n) is 3.59. The maximum absolute atomic E-state index is 5.75. The molecule has 2 rings (SSSR count). The third kappa shape index (κ3) is 1.68. The third-order valence-corrected chi connectivity index (χ3v) is 2.76. The summed E-state index contributed by atoms with van der Waals surface area (Å²) < 4.78 is 5.31. The number of methoxy groups -OCH3 is 1. The van der Waals surface area contributed by atoms with Crippen molar-refractivity contribution < 1.29 is 4.74 Å². The quantitative estimate of drug-likeness (QED) is 0.727. The first-order valence-electron chi connectivity index (χ1n) is 4.88. The predicted octanol–water partition coefficient (Wildman–Crippen LogP) is 0.607. The van der Waals surface area contributed by atoms with Crippen LogP contribution in [-0.2, 0) is 4.74 Å².